The van der Waals surface area contributed by atoms with Crippen molar-refractivity contribution >= 4 is 32.1 Å². The summed E-state index contributed by atoms with van der Waals surface area (Å²) in [5, 5.41) is 4.72. The summed E-state index contributed by atoms with van der Waals surface area (Å²) >= 11 is 3.90. The van der Waals surface area contributed by atoms with Gasteiger partial charge in [-0.25, -0.2) is 0 Å². The number of thiophene rings is 2. The van der Waals surface area contributed by atoms with Crippen LogP contribution in [0, 0.1) is 6.92 Å². The molecule has 2 aromatic rings. The van der Waals surface area contributed by atoms with Crippen molar-refractivity contribution in [1.29, 1.82) is 0 Å². The minimum Gasteiger partial charge on any atom is -0.142 e. The highest BCUT2D eigenvalue weighted by molar-refractivity contribution is 7.26. The van der Waals surface area contributed by atoms with Gasteiger partial charge in [-0.15, -0.1) is 22.7 Å². The lowest BCUT2D eigenvalue weighted by molar-refractivity contribution is 0.525. The highest BCUT2D eigenvalue weighted by Gasteiger charge is 2.07. The second-order valence-electron chi connectivity index (χ2n) is 9.10. The zero-order valence-electron chi connectivity index (χ0n) is 19.4. The van der Waals surface area contributed by atoms with Gasteiger partial charge in [-0.2, -0.15) is 0 Å². The molecular weight excluding hydrogens is 388 g/mol. The Hall–Kier alpha value is -0.340. The molecule has 2 rings (SSSR count). The Balaban J connectivity index is 1.29. The fourth-order valence-electron chi connectivity index (χ4n) is 4.37. The van der Waals surface area contributed by atoms with E-state index in [2.05, 4.69) is 24.6 Å². The average Bonchev–Trinajstić information content (AvgIpc) is 3.30. The maximum atomic E-state index is 2.40. The van der Waals surface area contributed by atoms with Gasteiger partial charge in [-0.1, -0.05) is 116 Å². The van der Waals surface area contributed by atoms with Crippen LogP contribution in [0.2, 0.25) is 0 Å². The fourth-order valence-corrected chi connectivity index (χ4v) is 6.78. The summed E-state index contributed by atoms with van der Waals surface area (Å²) in [7, 11) is 0. The van der Waals surface area contributed by atoms with Gasteiger partial charge in [0.25, 0.3) is 0 Å². The van der Waals surface area contributed by atoms with Gasteiger partial charge in [0.05, 0.1) is 0 Å². The van der Waals surface area contributed by atoms with E-state index in [9.17, 15) is 0 Å². The first kappa shape index (κ1) is 24.9. The smallest absolute Gasteiger partial charge is 0.0485 e. The van der Waals surface area contributed by atoms with Crippen LogP contribution >= 0.6 is 22.7 Å². The van der Waals surface area contributed by atoms with Crippen LogP contribution < -0.4 is 0 Å². The van der Waals surface area contributed by atoms with Crippen LogP contribution in [0.5, 0.6) is 0 Å². The average molecular weight is 435 g/mol. The van der Waals surface area contributed by atoms with Gasteiger partial charge in [0.1, 0.15) is 0 Å². The zero-order valence-corrected chi connectivity index (χ0v) is 21.0. The van der Waals surface area contributed by atoms with E-state index in [4.69, 9.17) is 0 Å². The molecule has 0 aliphatic rings. The molecule has 29 heavy (non-hydrogen) atoms. The third-order valence-electron chi connectivity index (χ3n) is 6.33. The zero-order chi connectivity index (χ0) is 20.6. The first-order valence-electron chi connectivity index (χ1n) is 12.8. The van der Waals surface area contributed by atoms with Crippen molar-refractivity contribution in [1.82, 2.24) is 0 Å². The van der Waals surface area contributed by atoms with E-state index in [1.54, 1.807) is 10.3 Å². The monoisotopic (exact) mass is 434 g/mol. The molecule has 0 atom stereocenters. The molecule has 0 aromatic carbocycles. The maximum absolute atomic E-state index is 2.40. The van der Waals surface area contributed by atoms with Gasteiger partial charge >= 0.3 is 0 Å². The van der Waals surface area contributed by atoms with Crippen LogP contribution in [0.25, 0.3) is 9.40 Å². The Kier molecular flexibility index (Phi) is 14.1. The molecule has 0 radical (unpaired) electrons. The van der Waals surface area contributed by atoms with Gasteiger partial charge < -0.3 is 0 Å². The van der Waals surface area contributed by atoms with Crippen molar-refractivity contribution in [3.05, 3.63) is 21.9 Å². The predicted octanol–water partition coefficient (Wildman–Crippen LogP) is 10.9. The number of hydrogen-bond acceptors (Lipinski definition) is 2. The largest absolute Gasteiger partial charge is 0.142 e. The molecule has 0 aliphatic heterocycles. The minimum atomic E-state index is 1.29. The Morgan fingerprint density at radius 2 is 0.931 bits per heavy atom. The minimum absolute atomic E-state index is 1.29. The lowest BCUT2D eigenvalue weighted by Gasteiger charge is -2.04. The molecule has 0 bridgehead atoms. The molecule has 2 aromatic heterocycles. The predicted molar refractivity (Wildman–Crippen MR) is 137 cm³/mol. The first-order chi connectivity index (χ1) is 14.3. The quantitative estimate of drug-likeness (QED) is 0.193. The van der Waals surface area contributed by atoms with Crippen LogP contribution in [-0.4, -0.2) is 0 Å². The lowest BCUT2D eigenvalue weighted by Crippen LogP contribution is -1.85. The van der Waals surface area contributed by atoms with Crippen LogP contribution in [0.1, 0.15) is 134 Å². The first-order valence-corrected chi connectivity index (χ1v) is 14.5. The second kappa shape index (κ2) is 16.4. The second-order valence-corrected chi connectivity index (χ2v) is 10.9. The molecule has 0 amide bonds. The van der Waals surface area contributed by atoms with E-state index in [1.165, 1.54) is 132 Å². The third kappa shape index (κ3) is 10.5. The molecule has 0 nitrogen and oxygen atoms in total. The number of hydrogen-bond donors (Lipinski definition) is 0. The molecule has 0 aliphatic carbocycles. The van der Waals surface area contributed by atoms with Crippen LogP contribution in [-0.2, 0) is 6.42 Å². The highest BCUT2D eigenvalue weighted by Crippen LogP contribution is 2.35. The molecule has 0 spiro atoms. The van der Waals surface area contributed by atoms with Crippen molar-refractivity contribution in [2.45, 2.75) is 136 Å². The fraction of sp³-hybridized carbons (Fsp3) is 0.778. The lowest BCUT2D eigenvalue weighted by atomic mass is 10.0. The van der Waals surface area contributed by atoms with Crippen molar-refractivity contribution in [2.75, 3.05) is 0 Å². The summed E-state index contributed by atoms with van der Waals surface area (Å²) in [6, 6.07) is 0. The van der Waals surface area contributed by atoms with E-state index >= 15 is 0 Å². The van der Waals surface area contributed by atoms with E-state index in [0.717, 1.165) is 0 Å². The highest BCUT2D eigenvalue weighted by atomic mass is 32.1. The summed E-state index contributed by atoms with van der Waals surface area (Å²) in [6.07, 6.45) is 27.5. The van der Waals surface area contributed by atoms with Gasteiger partial charge in [-0.3, -0.25) is 0 Å². The number of fused-ring (bicyclic) bond motifs is 1. The summed E-state index contributed by atoms with van der Waals surface area (Å²) in [5.41, 5.74) is 3.08. The van der Waals surface area contributed by atoms with Crippen molar-refractivity contribution in [3.63, 3.8) is 0 Å². The van der Waals surface area contributed by atoms with Crippen molar-refractivity contribution in [2.24, 2.45) is 0 Å². The van der Waals surface area contributed by atoms with Crippen LogP contribution in [0.4, 0.5) is 0 Å². The molecule has 2 heteroatoms. The third-order valence-corrected chi connectivity index (χ3v) is 8.80. The van der Waals surface area contributed by atoms with Gasteiger partial charge in [0.15, 0.2) is 0 Å². The standard InChI is InChI=1S/C27H46S2/c1-3-4-5-6-7-8-9-10-11-12-13-14-15-16-17-18-19-20-21-25-23-29-26-24(2)22-28-27(25)26/h22-23H,3-21H2,1-2H3. The van der Waals surface area contributed by atoms with Crippen molar-refractivity contribution in [3.8, 4) is 0 Å². The van der Waals surface area contributed by atoms with E-state index in [-0.39, 0.29) is 0 Å². The normalized spacial score (nSPS) is 11.7. The van der Waals surface area contributed by atoms with Crippen LogP contribution in [0.3, 0.4) is 0 Å². The molecule has 0 saturated heterocycles. The number of unbranched alkanes of at least 4 members (excludes halogenated alkanes) is 17. The molecule has 2 heterocycles. The van der Waals surface area contributed by atoms with Gasteiger partial charge in [-0.05, 0) is 41.7 Å². The maximum Gasteiger partial charge on any atom is 0.0485 e. The molecule has 0 fully saturated rings. The molecule has 0 saturated carbocycles. The molecule has 0 N–H and O–H groups in total. The van der Waals surface area contributed by atoms with Crippen LogP contribution in [0.15, 0.2) is 10.8 Å². The Morgan fingerprint density at radius 3 is 1.41 bits per heavy atom. The van der Waals surface area contributed by atoms with Gasteiger partial charge in [0.2, 0.25) is 0 Å². The molecular formula is C27H46S2. The van der Waals surface area contributed by atoms with Gasteiger partial charge in [0, 0.05) is 9.40 Å². The molecule has 0 unspecified atom stereocenters. The SMILES string of the molecule is CCCCCCCCCCCCCCCCCCCCc1csc2c(C)csc12. The van der Waals surface area contributed by atoms with E-state index in [0.29, 0.717) is 0 Å². The summed E-state index contributed by atoms with van der Waals surface area (Å²) in [6.45, 7) is 4.55. The number of rotatable bonds is 19. The van der Waals surface area contributed by atoms with E-state index < -0.39 is 0 Å². The molecule has 166 valence electrons. The Labute approximate surface area is 189 Å². The summed E-state index contributed by atoms with van der Waals surface area (Å²) < 4.78 is 3.10. The topological polar surface area (TPSA) is 0 Å². The number of aryl methyl sites for hydroxylation is 2. The Morgan fingerprint density at radius 1 is 0.517 bits per heavy atom. The summed E-state index contributed by atoms with van der Waals surface area (Å²) in [4.78, 5) is 0. The summed E-state index contributed by atoms with van der Waals surface area (Å²) in [5.74, 6) is 0. The van der Waals surface area contributed by atoms with Crippen molar-refractivity contribution < 1.29 is 0 Å². The Bertz CT molecular complexity index is 622. The van der Waals surface area contributed by atoms with E-state index in [1.807, 2.05) is 22.7 Å².